The zero-order valence-corrected chi connectivity index (χ0v) is 13.8. The van der Waals surface area contributed by atoms with Gasteiger partial charge in [-0.15, -0.1) is 0 Å². The van der Waals surface area contributed by atoms with Gasteiger partial charge >= 0.3 is 6.03 Å². The average Bonchev–Trinajstić information content (AvgIpc) is 3.02. The second kappa shape index (κ2) is 7.64. The fraction of sp³-hybridized carbons (Fsp3) is 0.263. The van der Waals surface area contributed by atoms with Gasteiger partial charge in [-0.25, -0.2) is 4.79 Å². The number of carbonyl (C=O) groups is 1. The summed E-state index contributed by atoms with van der Waals surface area (Å²) in [6.07, 6.45) is 5.67. The largest absolute Gasteiger partial charge is 0.338 e. The zero-order chi connectivity index (χ0) is 16.8. The highest BCUT2D eigenvalue weighted by Crippen LogP contribution is 2.15. The van der Waals surface area contributed by atoms with Gasteiger partial charge in [0.2, 0.25) is 0 Å². The number of nitrogens with one attached hydrogen (secondary N) is 2. The summed E-state index contributed by atoms with van der Waals surface area (Å²) in [5.74, 6) is 0. The Bertz CT molecular complexity index is 825. The molecule has 0 atom stereocenters. The van der Waals surface area contributed by atoms with Crippen LogP contribution in [0.1, 0.15) is 17.5 Å². The highest BCUT2D eigenvalue weighted by molar-refractivity contribution is 5.83. The molecule has 1 heterocycles. The summed E-state index contributed by atoms with van der Waals surface area (Å²) < 4.78 is 1.79. The van der Waals surface area contributed by atoms with E-state index in [2.05, 4.69) is 40.0 Å². The standard InChI is InChI=1S/C19H22N4O/c1-23-14-16(13-22-23)5-4-10-20-19(24)21-12-15-8-9-17-6-2-3-7-18(17)11-15/h2-3,6-9,11,13-14H,4-5,10,12H2,1H3,(H2,20,21,24). The highest BCUT2D eigenvalue weighted by atomic mass is 16.2. The van der Waals surface area contributed by atoms with Crippen LogP contribution in [0.15, 0.2) is 54.9 Å². The van der Waals surface area contributed by atoms with Gasteiger partial charge in [0.25, 0.3) is 0 Å². The van der Waals surface area contributed by atoms with Crippen molar-refractivity contribution in [3.63, 3.8) is 0 Å². The van der Waals surface area contributed by atoms with E-state index in [0.29, 0.717) is 13.1 Å². The molecule has 0 unspecified atom stereocenters. The molecule has 0 bridgehead atoms. The van der Waals surface area contributed by atoms with Crippen LogP contribution in [0.5, 0.6) is 0 Å². The summed E-state index contributed by atoms with van der Waals surface area (Å²) >= 11 is 0. The molecule has 0 saturated carbocycles. The van der Waals surface area contributed by atoms with Crippen LogP contribution in [-0.2, 0) is 20.0 Å². The fourth-order valence-electron chi connectivity index (χ4n) is 2.69. The van der Waals surface area contributed by atoms with E-state index in [1.54, 1.807) is 4.68 Å². The van der Waals surface area contributed by atoms with E-state index < -0.39 is 0 Å². The van der Waals surface area contributed by atoms with Gasteiger partial charge in [-0.05, 0) is 40.8 Å². The van der Waals surface area contributed by atoms with Crippen LogP contribution >= 0.6 is 0 Å². The molecule has 124 valence electrons. The number of urea groups is 1. The summed E-state index contributed by atoms with van der Waals surface area (Å²) in [7, 11) is 1.90. The SMILES string of the molecule is Cn1cc(CCCNC(=O)NCc2ccc3ccccc3c2)cn1. The first-order valence-electron chi connectivity index (χ1n) is 8.17. The first kappa shape index (κ1) is 16.1. The average molecular weight is 322 g/mol. The smallest absolute Gasteiger partial charge is 0.315 e. The lowest BCUT2D eigenvalue weighted by Crippen LogP contribution is -2.35. The normalized spacial score (nSPS) is 10.7. The molecule has 3 rings (SSSR count). The monoisotopic (exact) mass is 322 g/mol. The number of aromatic nitrogens is 2. The Balaban J connectivity index is 1.40. The molecule has 0 saturated heterocycles. The summed E-state index contributed by atoms with van der Waals surface area (Å²) in [5.41, 5.74) is 2.29. The topological polar surface area (TPSA) is 59.0 Å². The van der Waals surface area contributed by atoms with Crippen molar-refractivity contribution >= 4 is 16.8 Å². The number of rotatable bonds is 6. The Hall–Kier alpha value is -2.82. The van der Waals surface area contributed by atoms with E-state index in [1.165, 1.54) is 16.3 Å². The van der Waals surface area contributed by atoms with E-state index in [4.69, 9.17) is 0 Å². The predicted octanol–water partition coefficient (Wildman–Crippen LogP) is 3.01. The first-order valence-corrected chi connectivity index (χ1v) is 8.17. The van der Waals surface area contributed by atoms with E-state index in [1.807, 2.05) is 37.6 Å². The molecule has 2 N–H and O–H groups in total. The van der Waals surface area contributed by atoms with Gasteiger partial charge < -0.3 is 10.6 Å². The molecule has 0 spiro atoms. The Labute approximate surface area is 141 Å². The van der Waals surface area contributed by atoms with E-state index in [9.17, 15) is 4.79 Å². The summed E-state index contributed by atoms with van der Waals surface area (Å²) in [6.45, 7) is 1.18. The van der Waals surface area contributed by atoms with Gasteiger partial charge in [-0.3, -0.25) is 4.68 Å². The van der Waals surface area contributed by atoms with Crippen molar-refractivity contribution in [2.45, 2.75) is 19.4 Å². The minimum absolute atomic E-state index is 0.130. The molecule has 2 amide bonds. The summed E-state index contributed by atoms with van der Waals surface area (Å²) in [4.78, 5) is 11.9. The quantitative estimate of drug-likeness (QED) is 0.685. The zero-order valence-electron chi connectivity index (χ0n) is 13.8. The maximum absolute atomic E-state index is 11.9. The number of benzene rings is 2. The molecule has 5 heteroatoms. The van der Waals surface area contributed by atoms with Crippen LogP contribution in [-0.4, -0.2) is 22.4 Å². The Kier molecular flexibility index (Phi) is 5.11. The van der Waals surface area contributed by atoms with Gasteiger partial charge in [0.15, 0.2) is 0 Å². The minimum Gasteiger partial charge on any atom is -0.338 e. The van der Waals surface area contributed by atoms with Gasteiger partial charge in [-0.1, -0.05) is 36.4 Å². The molecule has 2 aromatic carbocycles. The molecule has 0 fully saturated rings. The lowest BCUT2D eigenvalue weighted by atomic mass is 10.1. The third-order valence-corrected chi connectivity index (χ3v) is 3.95. The van der Waals surface area contributed by atoms with Crippen LogP contribution in [0.25, 0.3) is 10.8 Å². The van der Waals surface area contributed by atoms with Crippen molar-refractivity contribution in [2.24, 2.45) is 7.05 Å². The third kappa shape index (κ3) is 4.35. The van der Waals surface area contributed by atoms with Crippen molar-refractivity contribution in [1.29, 1.82) is 0 Å². The molecule has 0 aliphatic carbocycles. The van der Waals surface area contributed by atoms with E-state index >= 15 is 0 Å². The number of aryl methyl sites for hydroxylation is 2. The molecular weight excluding hydrogens is 300 g/mol. The van der Waals surface area contributed by atoms with Crippen molar-refractivity contribution in [3.8, 4) is 0 Å². The second-order valence-electron chi connectivity index (χ2n) is 5.92. The van der Waals surface area contributed by atoms with Gasteiger partial charge in [-0.2, -0.15) is 5.10 Å². The Morgan fingerprint density at radius 1 is 1.08 bits per heavy atom. The fourth-order valence-corrected chi connectivity index (χ4v) is 2.69. The second-order valence-corrected chi connectivity index (χ2v) is 5.92. The van der Waals surface area contributed by atoms with Crippen molar-refractivity contribution < 1.29 is 4.79 Å². The van der Waals surface area contributed by atoms with Crippen molar-refractivity contribution in [2.75, 3.05) is 6.54 Å². The number of hydrogen-bond acceptors (Lipinski definition) is 2. The lowest BCUT2D eigenvalue weighted by molar-refractivity contribution is 0.240. The molecule has 3 aromatic rings. The van der Waals surface area contributed by atoms with E-state index in [0.717, 1.165) is 18.4 Å². The van der Waals surface area contributed by atoms with Crippen LogP contribution < -0.4 is 10.6 Å². The predicted molar refractivity (Wildman–Crippen MR) is 95.7 cm³/mol. The summed E-state index contributed by atoms with van der Waals surface area (Å²) in [6, 6.07) is 14.3. The lowest BCUT2D eigenvalue weighted by Gasteiger charge is -2.08. The highest BCUT2D eigenvalue weighted by Gasteiger charge is 2.02. The molecular formula is C19H22N4O. The van der Waals surface area contributed by atoms with Crippen LogP contribution in [0.2, 0.25) is 0 Å². The Morgan fingerprint density at radius 3 is 2.71 bits per heavy atom. The first-order chi connectivity index (χ1) is 11.7. The molecule has 0 aliphatic heterocycles. The van der Waals surface area contributed by atoms with Crippen molar-refractivity contribution in [1.82, 2.24) is 20.4 Å². The van der Waals surface area contributed by atoms with Crippen LogP contribution in [0, 0.1) is 0 Å². The van der Waals surface area contributed by atoms with E-state index in [-0.39, 0.29) is 6.03 Å². The number of fused-ring (bicyclic) bond motifs is 1. The maximum Gasteiger partial charge on any atom is 0.315 e. The van der Waals surface area contributed by atoms with Crippen molar-refractivity contribution in [3.05, 3.63) is 66.0 Å². The molecule has 0 radical (unpaired) electrons. The number of hydrogen-bond donors (Lipinski definition) is 2. The van der Waals surface area contributed by atoms with Gasteiger partial charge in [0.05, 0.1) is 6.20 Å². The molecule has 0 aliphatic rings. The Morgan fingerprint density at radius 2 is 1.92 bits per heavy atom. The molecule has 24 heavy (non-hydrogen) atoms. The summed E-state index contributed by atoms with van der Waals surface area (Å²) in [5, 5.41) is 12.3. The van der Waals surface area contributed by atoms with Crippen LogP contribution in [0.3, 0.4) is 0 Å². The number of nitrogens with zero attached hydrogens (tertiary/aromatic N) is 2. The molecule has 5 nitrogen and oxygen atoms in total. The number of carbonyl (C=O) groups excluding carboxylic acids is 1. The van der Waals surface area contributed by atoms with Gasteiger partial charge in [0.1, 0.15) is 0 Å². The van der Waals surface area contributed by atoms with Crippen LogP contribution in [0.4, 0.5) is 4.79 Å². The molecule has 1 aromatic heterocycles. The minimum atomic E-state index is -0.130. The number of amides is 2. The third-order valence-electron chi connectivity index (χ3n) is 3.95. The maximum atomic E-state index is 11.9. The van der Waals surface area contributed by atoms with Gasteiger partial charge in [0, 0.05) is 26.3 Å².